The Morgan fingerprint density at radius 3 is 3.00 bits per heavy atom. The third kappa shape index (κ3) is 2.15. The van der Waals surface area contributed by atoms with Crippen LogP contribution in [0.15, 0.2) is 11.4 Å². The smallest absolute Gasteiger partial charge is 0.0902 e. The summed E-state index contributed by atoms with van der Waals surface area (Å²) in [5.74, 6) is 0. The monoisotopic (exact) mass is 240 g/mol. The number of hydrogen-bond acceptors (Lipinski definition) is 4. The number of thiophene rings is 1. The zero-order valence-electron chi connectivity index (χ0n) is 9.98. The number of aryl methyl sites for hydroxylation is 1. The Kier molecular flexibility index (Phi) is 3.97. The molecule has 0 bridgehead atoms. The van der Waals surface area contributed by atoms with Crippen molar-refractivity contribution in [1.29, 1.82) is 0 Å². The van der Waals surface area contributed by atoms with Gasteiger partial charge in [-0.3, -0.25) is 4.90 Å². The number of hydrogen-bond donors (Lipinski definition) is 1. The Balaban J connectivity index is 2.28. The van der Waals surface area contributed by atoms with Crippen molar-refractivity contribution in [1.82, 2.24) is 4.90 Å². The van der Waals surface area contributed by atoms with Crippen LogP contribution in [0.25, 0.3) is 0 Å². The van der Waals surface area contributed by atoms with E-state index in [1.165, 1.54) is 10.4 Å². The highest BCUT2D eigenvalue weighted by Gasteiger charge is 2.33. The zero-order valence-corrected chi connectivity index (χ0v) is 10.8. The lowest BCUT2D eigenvalue weighted by Gasteiger charge is -2.40. The fourth-order valence-corrected chi connectivity index (χ4v) is 3.47. The number of nitrogens with zero attached hydrogens (tertiary/aromatic N) is 1. The van der Waals surface area contributed by atoms with Crippen molar-refractivity contribution in [2.45, 2.75) is 26.0 Å². The van der Waals surface area contributed by atoms with Crippen molar-refractivity contribution in [2.75, 3.05) is 26.2 Å². The predicted octanol–water partition coefficient (Wildman–Crippen LogP) is 1.78. The lowest BCUT2D eigenvalue weighted by Crippen LogP contribution is -2.47. The molecule has 0 aromatic carbocycles. The van der Waals surface area contributed by atoms with E-state index < -0.39 is 0 Å². The van der Waals surface area contributed by atoms with Crippen LogP contribution in [0.3, 0.4) is 0 Å². The molecule has 1 aliphatic heterocycles. The van der Waals surface area contributed by atoms with Gasteiger partial charge < -0.3 is 10.5 Å². The first-order valence-electron chi connectivity index (χ1n) is 5.87. The number of rotatable bonds is 3. The fourth-order valence-electron chi connectivity index (χ4n) is 2.36. The van der Waals surface area contributed by atoms with E-state index in [2.05, 4.69) is 30.2 Å². The first kappa shape index (κ1) is 12.0. The van der Waals surface area contributed by atoms with Crippen LogP contribution in [-0.4, -0.2) is 37.2 Å². The molecular weight excluding hydrogens is 220 g/mol. The number of nitrogens with two attached hydrogens (primary N) is 1. The molecule has 2 heterocycles. The second-order valence-electron chi connectivity index (χ2n) is 4.19. The molecule has 1 aromatic heterocycles. The second-order valence-corrected chi connectivity index (χ2v) is 5.13. The van der Waals surface area contributed by atoms with Crippen LogP contribution in [-0.2, 0) is 4.74 Å². The predicted molar refractivity (Wildman–Crippen MR) is 67.8 cm³/mol. The maximum Gasteiger partial charge on any atom is 0.0902 e. The van der Waals surface area contributed by atoms with E-state index in [0.29, 0.717) is 12.6 Å². The van der Waals surface area contributed by atoms with Crippen molar-refractivity contribution in [3.8, 4) is 0 Å². The molecule has 1 fully saturated rings. The summed E-state index contributed by atoms with van der Waals surface area (Å²) in [5.41, 5.74) is 7.18. The summed E-state index contributed by atoms with van der Waals surface area (Å²) in [5, 5.41) is 2.15. The SMILES string of the molecule is CCN1CCOC(CN)C1c1sccc1C. The minimum atomic E-state index is 0.144. The molecule has 1 aromatic rings. The van der Waals surface area contributed by atoms with Crippen molar-refractivity contribution in [3.05, 3.63) is 21.9 Å². The van der Waals surface area contributed by atoms with Crippen molar-refractivity contribution >= 4 is 11.3 Å². The van der Waals surface area contributed by atoms with E-state index >= 15 is 0 Å². The van der Waals surface area contributed by atoms with Crippen LogP contribution in [0.2, 0.25) is 0 Å². The Hall–Kier alpha value is -0.420. The molecule has 2 atom stereocenters. The summed E-state index contributed by atoms with van der Waals surface area (Å²) in [6.45, 7) is 7.84. The Bertz CT molecular complexity index is 328. The summed E-state index contributed by atoms with van der Waals surface area (Å²) in [6, 6.07) is 2.53. The highest BCUT2D eigenvalue weighted by Crippen LogP contribution is 2.34. The molecule has 0 amide bonds. The Morgan fingerprint density at radius 1 is 1.62 bits per heavy atom. The first-order valence-corrected chi connectivity index (χ1v) is 6.75. The van der Waals surface area contributed by atoms with Gasteiger partial charge in [0, 0.05) is 18.0 Å². The summed E-state index contributed by atoms with van der Waals surface area (Å²) in [4.78, 5) is 3.89. The molecule has 2 N–H and O–H groups in total. The molecule has 0 saturated carbocycles. The van der Waals surface area contributed by atoms with Gasteiger partial charge in [-0.15, -0.1) is 11.3 Å². The molecule has 2 rings (SSSR count). The lowest BCUT2D eigenvalue weighted by molar-refractivity contribution is -0.0648. The van der Waals surface area contributed by atoms with Gasteiger partial charge >= 0.3 is 0 Å². The molecule has 1 saturated heterocycles. The highest BCUT2D eigenvalue weighted by molar-refractivity contribution is 7.10. The van der Waals surface area contributed by atoms with Gasteiger partial charge in [0.1, 0.15) is 0 Å². The number of likely N-dealkylation sites (N-methyl/N-ethyl adjacent to an activating group) is 1. The Labute approximate surface area is 101 Å². The first-order chi connectivity index (χ1) is 7.77. The van der Waals surface area contributed by atoms with Crippen LogP contribution in [0.4, 0.5) is 0 Å². The second kappa shape index (κ2) is 5.27. The minimum absolute atomic E-state index is 0.144. The average molecular weight is 240 g/mol. The van der Waals surface area contributed by atoms with Gasteiger partial charge in [0.15, 0.2) is 0 Å². The summed E-state index contributed by atoms with van der Waals surface area (Å²) in [6.07, 6.45) is 0.144. The number of morpholine rings is 1. The van der Waals surface area contributed by atoms with Gasteiger partial charge in [0.2, 0.25) is 0 Å². The highest BCUT2D eigenvalue weighted by atomic mass is 32.1. The average Bonchev–Trinajstić information content (AvgIpc) is 2.74. The van der Waals surface area contributed by atoms with Crippen LogP contribution in [0, 0.1) is 6.92 Å². The molecule has 90 valence electrons. The van der Waals surface area contributed by atoms with Gasteiger partial charge in [-0.1, -0.05) is 6.92 Å². The van der Waals surface area contributed by atoms with Gasteiger partial charge in [-0.05, 0) is 30.5 Å². The summed E-state index contributed by atoms with van der Waals surface area (Å²) < 4.78 is 5.79. The standard InChI is InChI=1S/C12H20N2OS/c1-3-14-5-6-15-10(8-13)11(14)12-9(2)4-7-16-12/h4,7,10-11H,3,5-6,8,13H2,1-2H3. The fraction of sp³-hybridized carbons (Fsp3) is 0.667. The van der Waals surface area contributed by atoms with E-state index in [1.54, 1.807) is 0 Å². The lowest BCUT2D eigenvalue weighted by atomic mass is 10.0. The van der Waals surface area contributed by atoms with Gasteiger partial charge in [-0.2, -0.15) is 0 Å². The molecular formula is C12H20N2OS. The van der Waals surface area contributed by atoms with Gasteiger partial charge in [-0.25, -0.2) is 0 Å². The molecule has 4 heteroatoms. The van der Waals surface area contributed by atoms with Crippen LogP contribution >= 0.6 is 11.3 Å². The maximum absolute atomic E-state index is 5.82. The largest absolute Gasteiger partial charge is 0.374 e. The van der Waals surface area contributed by atoms with Gasteiger partial charge in [0.05, 0.1) is 18.8 Å². The molecule has 2 unspecified atom stereocenters. The van der Waals surface area contributed by atoms with Gasteiger partial charge in [0.25, 0.3) is 0 Å². The maximum atomic E-state index is 5.82. The minimum Gasteiger partial charge on any atom is -0.374 e. The van der Waals surface area contributed by atoms with E-state index in [1.807, 2.05) is 11.3 Å². The third-order valence-corrected chi connectivity index (χ3v) is 4.35. The summed E-state index contributed by atoms with van der Waals surface area (Å²) in [7, 11) is 0. The van der Waals surface area contributed by atoms with E-state index in [-0.39, 0.29) is 6.10 Å². The zero-order chi connectivity index (χ0) is 11.5. The van der Waals surface area contributed by atoms with Crippen LogP contribution < -0.4 is 5.73 Å². The molecule has 3 nitrogen and oxygen atoms in total. The molecule has 1 aliphatic rings. The van der Waals surface area contributed by atoms with E-state index in [9.17, 15) is 0 Å². The number of ether oxygens (including phenoxy) is 1. The van der Waals surface area contributed by atoms with Crippen molar-refractivity contribution < 1.29 is 4.74 Å². The van der Waals surface area contributed by atoms with Crippen molar-refractivity contribution in [3.63, 3.8) is 0 Å². The molecule has 0 aliphatic carbocycles. The van der Waals surface area contributed by atoms with Crippen molar-refractivity contribution in [2.24, 2.45) is 5.73 Å². The quantitative estimate of drug-likeness (QED) is 0.875. The van der Waals surface area contributed by atoms with Crippen LogP contribution in [0.1, 0.15) is 23.4 Å². The van der Waals surface area contributed by atoms with E-state index in [0.717, 1.165) is 19.7 Å². The van der Waals surface area contributed by atoms with Crippen LogP contribution in [0.5, 0.6) is 0 Å². The van der Waals surface area contributed by atoms with E-state index in [4.69, 9.17) is 10.5 Å². The molecule has 16 heavy (non-hydrogen) atoms. The normalized spacial score (nSPS) is 27.2. The summed E-state index contributed by atoms with van der Waals surface area (Å²) >= 11 is 1.82. The third-order valence-electron chi connectivity index (χ3n) is 3.26. The molecule has 0 radical (unpaired) electrons. The Morgan fingerprint density at radius 2 is 2.44 bits per heavy atom. The topological polar surface area (TPSA) is 38.5 Å². The molecule has 0 spiro atoms.